The molecule has 1 aromatic carbocycles. The molecule has 0 bridgehead atoms. The molecular weight excluding hydrogens is 371 g/mol. The second-order valence-electron chi connectivity index (χ2n) is 7.21. The van der Waals surface area contributed by atoms with Crippen molar-refractivity contribution in [3.8, 4) is 0 Å². The van der Waals surface area contributed by atoms with Crippen molar-refractivity contribution in [2.45, 2.75) is 25.3 Å². The highest BCUT2D eigenvalue weighted by Crippen LogP contribution is 2.32. The number of amides is 3. The lowest BCUT2D eigenvalue weighted by molar-refractivity contribution is 0.0301. The Labute approximate surface area is 164 Å². The fourth-order valence-electron chi connectivity index (χ4n) is 4.15. The summed E-state index contributed by atoms with van der Waals surface area (Å²) < 4.78 is 13.3. The molecule has 27 heavy (non-hydrogen) atoms. The van der Waals surface area contributed by atoms with E-state index in [0.717, 1.165) is 32.5 Å². The van der Waals surface area contributed by atoms with E-state index in [1.807, 2.05) is 4.90 Å². The molecule has 1 unspecified atom stereocenters. The van der Waals surface area contributed by atoms with Crippen LogP contribution in [0.2, 0.25) is 5.02 Å². The zero-order valence-corrected chi connectivity index (χ0v) is 16.6. The van der Waals surface area contributed by atoms with Crippen LogP contribution in [-0.4, -0.2) is 78.5 Å². The minimum atomic E-state index is -0.523. The number of likely N-dealkylation sites (tertiary alicyclic amines) is 1. The fraction of sp³-hybridized carbons (Fsp3) is 0.579. The molecule has 2 heterocycles. The van der Waals surface area contributed by atoms with E-state index in [9.17, 15) is 14.0 Å². The van der Waals surface area contributed by atoms with Crippen LogP contribution >= 0.6 is 11.6 Å². The zero-order valence-electron chi connectivity index (χ0n) is 15.8. The van der Waals surface area contributed by atoms with Gasteiger partial charge < -0.3 is 15.1 Å². The predicted octanol–water partition coefficient (Wildman–Crippen LogP) is 2.43. The van der Waals surface area contributed by atoms with E-state index in [4.69, 9.17) is 11.6 Å². The summed E-state index contributed by atoms with van der Waals surface area (Å²) in [6.45, 7) is 6.36. The van der Waals surface area contributed by atoms with Crippen LogP contribution in [0.15, 0.2) is 18.2 Å². The number of hydrogen-bond acceptors (Lipinski definition) is 3. The van der Waals surface area contributed by atoms with Crippen molar-refractivity contribution in [3.63, 3.8) is 0 Å². The van der Waals surface area contributed by atoms with E-state index in [1.165, 1.54) is 18.2 Å². The van der Waals surface area contributed by atoms with Gasteiger partial charge in [-0.05, 0) is 31.0 Å². The zero-order chi connectivity index (χ0) is 19.6. The van der Waals surface area contributed by atoms with Crippen LogP contribution in [0.1, 0.15) is 30.1 Å². The van der Waals surface area contributed by atoms with Gasteiger partial charge in [-0.25, -0.2) is 9.18 Å². The first-order chi connectivity index (χ1) is 12.9. The molecule has 1 aromatic rings. The fourth-order valence-corrected chi connectivity index (χ4v) is 4.33. The molecule has 0 spiro atoms. The van der Waals surface area contributed by atoms with Gasteiger partial charge in [0.1, 0.15) is 5.82 Å². The van der Waals surface area contributed by atoms with Gasteiger partial charge in [0.2, 0.25) is 0 Å². The lowest BCUT2D eigenvalue weighted by atomic mass is 9.92. The normalized spacial score (nSPS) is 23.6. The summed E-state index contributed by atoms with van der Waals surface area (Å²) >= 11 is 5.80. The van der Waals surface area contributed by atoms with Gasteiger partial charge in [-0.1, -0.05) is 18.5 Å². The Balaban J connectivity index is 1.63. The summed E-state index contributed by atoms with van der Waals surface area (Å²) in [4.78, 5) is 30.7. The minimum Gasteiger partial charge on any atom is -0.341 e. The van der Waals surface area contributed by atoms with Gasteiger partial charge in [0, 0.05) is 57.4 Å². The van der Waals surface area contributed by atoms with E-state index in [2.05, 4.69) is 17.1 Å². The summed E-state index contributed by atoms with van der Waals surface area (Å²) in [5, 5.41) is 2.66. The number of carbonyl (C=O) groups excluding carboxylic acids is 2. The number of halogens is 2. The molecule has 8 heteroatoms. The van der Waals surface area contributed by atoms with Crippen molar-refractivity contribution in [1.82, 2.24) is 20.0 Å². The number of carbonyl (C=O) groups is 2. The van der Waals surface area contributed by atoms with Gasteiger partial charge in [0.05, 0.1) is 5.02 Å². The molecule has 0 aromatic heterocycles. The molecule has 148 valence electrons. The predicted molar refractivity (Wildman–Crippen MR) is 103 cm³/mol. The van der Waals surface area contributed by atoms with Gasteiger partial charge >= 0.3 is 6.03 Å². The summed E-state index contributed by atoms with van der Waals surface area (Å²) in [5.41, 5.74) is 0.382. The second kappa shape index (κ2) is 8.02. The molecule has 3 amide bonds. The maximum atomic E-state index is 13.3. The Morgan fingerprint density at radius 1 is 1.19 bits per heavy atom. The standard InChI is InChI=1S/C19H26ClFN4O2/c1-3-19(6-7-24(13-19)18(27)22-2)25-10-8-23(9-11-25)17(26)14-4-5-16(21)15(20)12-14/h4-5,12H,3,6-11,13H2,1-2H3,(H,22,27). The monoisotopic (exact) mass is 396 g/mol. The summed E-state index contributed by atoms with van der Waals surface area (Å²) in [7, 11) is 1.65. The van der Waals surface area contributed by atoms with E-state index < -0.39 is 5.82 Å². The number of hydrogen-bond donors (Lipinski definition) is 1. The highest BCUT2D eigenvalue weighted by molar-refractivity contribution is 6.31. The third-order valence-electron chi connectivity index (χ3n) is 5.90. The van der Waals surface area contributed by atoms with Crippen molar-refractivity contribution < 1.29 is 14.0 Å². The van der Waals surface area contributed by atoms with Gasteiger partial charge in [-0.3, -0.25) is 9.69 Å². The van der Waals surface area contributed by atoms with Gasteiger partial charge in [-0.2, -0.15) is 0 Å². The van der Waals surface area contributed by atoms with Crippen molar-refractivity contribution >= 4 is 23.5 Å². The number of urea groups is 1. The Morgan fingerprint density at radius 2 is 1.89 bits per heavy atom. The Kier molecular flexibility index (Phi) is 5.91. The quantitative estimate of drug-likeness (QED) is 0.853. The number of benzene rings is 1. The van der Waals surface area contributed by atoms with Crippen LogP contribution in [0.4, 0.5) is 9.18 Å². The number of rotatable bonds is 3. The number of nitrogens with zero attached hydrogens (tertiary/aromatic N) is 3. The molecule has 2 saturated heterocycles. The number of nitrogens with one attached hydrogen (secondary N) is 1. The lowest BCUT2D eigenvalue weighted by Crippen LogP contribution is -2.59. The SMILES string of the molecule is CCC1(N2CCN(C(=O)c3ccc(F)c(Cl)c3)CC2)CCN(C(=O)NC)C1. The molecule has 3 rings (SSSR count). The summed E-state index contributed by atoms with van der Waals surface area (Å²) in [6, 6.07) is 4.05. The molecule has 1 N–H and O–H groups in total. The van der Waals surface area contributed by atoms with Gasteiger partial charge in [0.15, 0.2) is 0 Å². The molecule has 6 nitrogen and oxygen atoms in total. The third kappa shape index (κ3) is 3.89. The molecular formula is C19H26ClFN4O2. The van der Waals surface area contributed by atoms with Crippen LogP contribution in [0.5, 0.6) is 0 Å². The summed E-state index contributed by atoms with van der Waals surface area (Å²) in [5.74, 6) is -0.648. The number of piperazine rings is 1. The molecule has 2 aliphatic heterocycles. The van der Waals surface area contributed by atoms with Crippen LogP contribution in [0.25, 0.3) is 0 Å². The maximum absolute atomic E-state index is 13.3. The average molecular weight is 397 g/mol. The Bertz CT molecular complexity index is 724. The van der Waals surface area contributed by atoms with E-state index >= 15 is 0 Å². The summed E-state index contributed by atoms with van der Waals surface area (Å²) in [6.07, 6.45) is 1.90. The highest BCUT2D eigenvalue weighted by atomic mass is 35.5. The first-order valence-electron chi connectivity index (χ1n) is 9.36. The molecule has 2 fully saturated rings. The molecule has 2 aliphatic rings. The third-order valence-corrected chi connectivity index (χ3v) is 6.19. The maximum Gasteiger partial charge on any atom is 0.317 e. The first-order valence-corrected chi connectivity index (χ1v) is 9.74. The van der Waals surface area contributed by atoms with Crippen LogP contribution in [0, 0.1) is 5.82 Å². The smallest absolute Gasteiger partial charge is 0.317 e. The lowest BCUT2D eigenvalue weighted by Gasteiger charge is -2.45. The topological polar surface area (TPSA) is 55.9 Å². The van der Waals surface area contributed by atoms with Crippen LogP contribution in [-0.2, 0) is 0 Å². The molecule has 1 atom stereocenters. The Morgan fingerprint density at radius 3 is 2.48 bits per heavy atom. The first kappa shape index (κ1) is 19.9. The minimum absolute atomic E-state index is 0.0270. The van der Waals surface area contributed by atoms with E-state index in [-0.39, 0.29) is 22.5 Å². The second-order valence-corrected chi connectivity index (χ2v) is 7.62. The van der Waals surface area contributed by atoms with E-state index in [1.54, 1.807) is 11.9 Å². The van der Waals surface area contributed by atoms with Gasteiger partial charge in [-0.15, -0.1) is 0 Å². The van der Waals surface area contributed by atoms with Crippen molar-refractivity contribution in [1.29, 1.82) is 0 Å². The van der Waals surface area contributed by atoms with E-state index in [0.29, 0.717) is 25.2 Å². The largest absolute Gasteiger partial charge is 0.341 e. The van der Waals surface area contributed by atoms with Gasteiger partial charge in [0.25, 0.3) is 5.91 Å². The van der Waals surface area contributed by atoms with Crippen molar-refractivity contribution in [2.75, 3.05) is 46.3 Å². The average Bonchev–Trinajstić information content (AvgIpc) is 3.15. The van der Waals surface area contributed by atoms with Crippen LogP contribution in [0.3, 0.4) is 0 Å². The van der Waals surface area contributed by atoms with Crippen molar-refractivity contribution in [2.24, 2.45) is 0 Å². The molecule has 0 saturated carbocycles. The highest BCUT2D eigenvalue weighted by Gasteiger charge is 2.44. The van der Waals surface area contributed by atoms with Crippen molar-refractivity contribution in [3.05, 3.63) is 34.6 Å². The Hall–Kier alpha value is -1.86. The molecule has 0 aliphatic carbocycles. The van der Waals surface area contributed by atoms with Crippen LogP contribution < -0.4 is 5.32 Å². The molecule has 0 radical (unpaired) electrons.